The number of hydrogen-bond acceptors (Lipinski definition) is 7. The summed E-state index contributed by atoms with van der Waals surface area (Å²) in [6, 6.07) is 23.5. The van der Waals surface area contributed by atoms with Crippen molar-refractivity contribution < 1.29 is 33.4 Å². The van der Waals surface area contributed by atoms with E-state index in [4.69, 9.17) is 9.47 Å². The third-order valence-electron chi connectivity index (χ3n) is 11.5. The largest absolute Gasteiger partial charge is 0.453 e. The number of benzene rings is 3. The van der Waals surface area contributed by atoms with Crippen molar-refractivity contribution in [1.29, 1.82) is 0 Å². The Morgan fingerprint density at radius 3 is 2.11 bits per heavy atom. The predicted molar refractivity (Wildman–Crippen MR) is 242 cm³/mol. The molecule has 3 N–H and O–H groups in total. The molecule has 334 valence electrons. The summed E-state index contributed by atoms with van der Waals surface area (Å²) in [5.41, 5.74) is 5.22. The van der Waals surface area contributed by atoms with E-state index >= 15 is 0 Å². The normalized spacial score (nSPS) is 16.1. The van der Waals surface area contributed by atoms with Gasteiger partial charge >= 0.3 is 12.2 Å². The van der Waals surface area contributed by atoms with Crippen molar-refractivity contribution >= 4 is 29.9 Å². The number of methoxy groups -OCH3 is 1. The van der Waals surface area contributed by atoms with E-state index in [9.17, 15) is 24.0 Å². The fraction of sp³-hybridized carbons (Fsp3) is 0.500. The standard InChI is InChI=1S/C50H67N5O7/c1-7-8-31-62-49(59)52-38(32-34(2)3)28-27-37(33-36-19-10-9-11-20-36)48(58)54-30-18-26-44(54)47(57)53-43(46(56)51-35(4)5)25-16-17-29-55(50(60)61-6)45-41-23-14-12-21-39(41)40-22-13-15-24-42(40)45/h9-15,19-24,27-28,34-35,37-38,43-45H,7-8,16-18,25-26,29-33H2,1-6H3,(H,51,56)(H,52,59)(H,53,57)/b28-27+/t37-,38-,43+,44+/m1/s1. The number of ether oxygens (including phenoxy) is 2. The van der Waals surface area contributed by atoms with E-state index in [2.05, 4.69) is 41.9 Å². The second kappa shape index (κ2) is 23.5. The number of fused-ring (bicyclic) bond motifs is 3. The zero-order chi connectivity index (χ0) is 44.6. The first kappa shape index (κ1) is 47.4. The van der Waals surface area contributed by atoms with Crippen LogP contribution >= 0.6 is 0 Å². The summed E-state index contributed by atoms with van der Waals surface area (Å²) in [6.07, 6.45) is 8.13. The lowest BCUT2D eigenvalue weighted by atomic mass is 9.95. The van der Waals surface area contributed by atoms with Gasteiger partial charge in [-0.05, 0) is 98.9 Å². The van der Waals surface area contributed by atoms with Crippen molar-refractivity contribution in [3.63, 3.8) is 0 Å². The second-order valence-electron chi connectivity index (χ2n) is 17.2. The van der Waals surface area contributed by atoms with Crippen LogP contribution in [0.3, 0.4) is 0 Å². The quantitative estimate of drug-likeness (QED) is 0.0722. The Bertz CT molecular complexity index is 1940. The van der Waals surface area contributed by atoms with E-state index in [0.717, 1.165) is 40.7 Å². The maximum absolute atomic E-state index is 14.5. The summed E-state index contributed by atoms with van der Waals surface area (Å²) in [7, 11) is 1.38. The number of carbonyl (C=O) groups excluding carboxylic acids is 5. The number of rotatable bonds is 21. The zero-order valence-corrected chi connectivity index (χ0v) is 37.4. The third kappa shape index (κ3) is 12.9. The van der Waals surface area contributed by atoms with Crippen molar-refractivity contribution in [1.82, 2.24) is 25.8 Å². The van der Waals surface area contributed by atoms with E-state index in [1.54, 1.807) is 9.80 Å². The summed E-state index contributed by atoms with van der Waals surface area (Å²) < 4.78 is 10.7. The van der Waals surface area contributed by atoms with Crippen molar-refractivity contribution in [2.24, 2.45) is 11.8 Å². The van der Waals surface area contributed by atoms with E-state index in [0.29, 0.717) is 64.6 Å². The van der Waals surface area contributed by atoms with Gasteiger partial charge in [0.1, 0.15) is 12.1 Å². The van der Waals surface area contributed by atoms with Gasteiger partial charge in [-0.1, -0.05) is 118 Å². The number of carbonyl (C=O) groups is 5. The molecule has 62 heavy (non-hydrogen) atoms. The van der Waals surface area contributed by atoms with E-state index in [1.165, 1.54) is 7.11 Å². The summed E-state index contributed by atoms with van der Waals surface area (Å²) in [6.45, 7) is 11.1. The number of alkyl carbamates (subject to hydrolysis) is 1. The van der Waals surface area contributed by atoms with Gasteiger partial charge in [-0.2, -0.15) is 0 Å². The monoisotopic (exact) mass is 850 g/mol. The number of unbranched alkanes of at least 4 members (excludes halogenated alkanes) is 2. The SMILES string of the molecule is CCCCOC(=O)N[C@H](/C=C/[C@H](Cc1ccccc1)C(=O)N1CCC[C@H]1C(=O)N[C@@H](CCCCN(C(=O)OC)C1c2ccccc2-c2ccccc21)C(=O)NC(C)C)CC(C)C. The van der Waals surface area contributed by atoms with Gasteiger partial charge in [0.05, 0.1) is 31.7 Å². The van der Waals surface area contributed by atoms with Gasteiger partial charge < -0.3 is 30.3 Å². The Kier molecular flexibility index (Phi) is 18.0. The zero-order valence-electron chi connectivity index (χ0n) is 37.4. The average Bonchev–Trinajstić information content (AvgIpc) is 3.88. The van der Waals surface area contributed by atoms with Crippen LogP contribution in [0.15, 0.2) is 91.0 Å². The molecule has 3 aromatic carbocycles. The van der Waals surface area contributed by atoms with Crippen LogP contribution in [0.25, 0.3) is 11.1 Å². The number of likely N-dealkylation sites (tertiary alicyclic amines) is 1. The lowest BCUT2D eigenvalue weighted by Gasteiger charge is -2.30. The van der Waals surface area contributed by atoms with Crippen molar-refractivity contribution in [2.45, 2.75) is 123 Å². The highest BCUT2D eigenvalue weighted by Gasteiger charge is 2.39. The topological polar surface area (TPSA) is 146 Å². The molecule has 2 aliphatic rings. The Hall–Kier alpha value is -5.65. The van der Waals surface area contributed by atoms with Gasteiger partial charge in [0.25, 0.3) is 0 Å². The van der Waals surface area contributed by atoms with Crippen LogP contribution in [0.2, 0.25) is 0 Å². The summed E-state index contributed by atoms with van der Waals surface area (Å²) in [4.78, 5) is 71.8. The summed E-state index contributed by atoms with van der Waals surface area (Å²) in [5, 5.41) is 8.95. The summed E-state index contributed by atoms with van der Waals surface area (Å²) >= 11 is 0. The molecule has 5 rings (SSSR count). The molecule has 12 nitrogen and oxygen atoms in total. The fourth-order valence-electron chi connectivity index (χ4n) is 8.55. The van der Waals surface area contributed by atoms with Crippen LogP contribution in [-0.4, -0.2) is 90.7 Å². The van der Waals surface area contributed by atoms with Gasteiger partial charge in [-0.15, -0.1) is 0 Å². The lowest BCUT2D eigenvalue weighted by molar-refractivity contribution is -0.141. The molecule has 1 saturated heterocycles. The number of amides is 5. The summed E-state index contributed by atoms with van der Waals surface area (Å²) in [5.74, 6) is -1.18. The number of nitrogens with one attached hydrogen (secondary N) is 3. The van der Waals surface area contributed by atoms with E-state index < -0.39 is 30.2 Å². The van der Waals surface area contributed by atoms with Gasteiger partial charge in [0.2, 0.25) is 17.7 Å². The van der Waals surface area contributed by atoms with Gasteiger partial charge in [-0.3, -0.25) is 19.3 Å². The first-order valence-corrected chi connectivity index (χ1v) is 22.5. The Morgan fingerprint density at radius 1 is 0.823 bits per heavy atom. The molecule has 4 atom stereocenters. The predicted octanol–water partition coefficient (Wildman–Crippen LogP) is 8.35. The molecule has 0 saturated carbocycles. The van der Waals surface area contributed by atoms with Gasteiger partial charge in [0, 0.05) is 19.1 Å². The Balaban J connectivity index is 1.29. The molecule has 12 heteroatoms. The third-order valence-corrected chi connectivity index (χ3v) is 11.5. The maximum Gasteiger partial charge on any atom is 0.410 e. The molecule has 1 fully saturated rings. The molecule has 0 spiro atoms. The van der Waals surface area contributed by atoms with Crippen molar-refractivity contribution in [2.75, 3.05) is 26.8 Å². The maximum atomic E-state index is 14.5. The van der Waals surface area contributed by atoms with Crippen LogP contribution in [0.4, 0.5) is 9.59 Å². The van der Waals surface area contributed by atoms with Crippen LogP contribution in [0.5, 0.6) is 0 Å². The molecular formula is C50H67N5O7. The minimum atomic E-state index is -0.845. The molecule has 0 aromatic heterocycles. The highest BCUT2D eigenvalue weighted by atomic mass is 16.5. The van der Waals surface area contributed by atoms with E-state index in [-0.39, 0.29) is 41.8 Å². The molecule has 1 heterocycles. The molecule has 1 aliphatic carbocycles. The van der Waals surface area contributed by atoms with Crippen molar-refractivity contribution in [3.05, 3.63) is 108 Å². The van der Waals surface area contributed by atoms with Gasteiger partial charge in [-0.25, -0.2) is 9.59 Å². The minimum absolute atomic E-state index is 0.151. The average molecular weight is 850 g/mol. The number of hydrogen-bond donors (Lipinski definition) is 3. The molecule has 0 bridgehead atoms. The van der Waals surface area contributed by atoms with Gasteiger partial charge in [0.15, 0.2) is 0 Å². The smallest absolute Gasteiger partial charge is 0.410 e. The molecule has 0 radical (unpaired) electrons. The molecule has 3 aromatic rings. The molecular weight excluding hydrogens is 783 g/mol. The van der Waals surface area contributed by atoms with E-state index in [1.807, 2.05) is 99.7 Å². The van der Waals surface area contributed by atoms with Crippen molar-refractivity contribution in [3.8, 4) is 11.1 Å². The molecule has 0 unspecified atom stereocenters. The minimum Gasteiger partial charge on any atom is -0.453 e. The fourth-order valence-corrected chi connectivity index (χ4v) is 8.55. The molecule has 1 aliphatic heterocycles. The Labute approximate surface area is 368 Å². The first-order valence-electron chi connectivity index (χ1n) is 22.5. The van der Waals surface area contributed by atoms with Crippen LogP contribution in [-0.2, 0) is 30.3 Å². The van der Waals surface area contributed by atoms with Crippen LogP contribution in [0.1, 0.15) is 109 Å². The highest BCUT2D eigenvalue weighted by molar-refractivity contribution is 5.93. The van der Waals surface area contributed by atoms with Crippen LogP contribution in [0, 0.1) is 11.8 Å². The molecule has 5 amide bonds. The highest BCUT2D eigenvalue weighted by Crippen LogP contribution is 2.46. The van der Waals surface area contributed by atoms with Crippen LogP contribution < -0.4 is 16.0 Å². The Morgan fingerprint density at radius 2 is 1.48 bits per heavy atom. The lowest BCUT2D eigenvalue weighted by Crippen LogP contribution is -2.54. The first-order chi connectivity index (χ1) is 29.9. The second-order valence-corrected chi connectivity index (χ2v) is 17.2. The number of nitrogens with zero attached hydrogens (tertiary/aromatic N) is 2.